The van der Waals surface area contributed by atoms with E-state index in [0.29, 0.717) is 4.90 Å². The van der Waals surface area contributed by atoms with Crippen molar-refractivity contribution in [2.45, 2.75) is 9.79 Å². The van der Waals surface area contributed by atoms with Crippen molar-refractivity contribution in [3.05, 3.63) is 50.7 Å². The minimum atomic E-state index is -1.56. The highest BCUT2D eigenvalue weighted by Gasteiger charge is 2.21. The predicted octanol–water partition coefficient (Wildman–Crippen LogP) is 4.86. The Morgan fingerprint density at radius 3 is 1.89 bits per heavy atom. The molecule has 0 aliphatic heterocycles. The number of hydrogen-bond acceptors (Lipinski definition) is 2. The molecule has 0 saturated heterocycles. The van der Waals surface area contributed by atoms with Crippen LogP contribution in [0.1, 0.15) is 0 Å². The summed E-state index contributed by atoms with van der Waals surface area (Å²) in [6.45, 7) is 0. The Labute approximate surface area is 126 Å². The summed E-state index contributed by atoms with van der Waals surface area (Å²) in [5, 5.41) is 0.0530. The van der Waals surface area contributed by atoms with Crippen molar-refractivity contribution in [2.75, 3.05) is 0 Å². The van der Waals surface area contributed by atoms with Crippen LogP contribution in [0, 0.1) is 0 Å². The number of nitrogens with zero attached hydrogens (tertiary/aromatic N) is 1. The molecule has 7 heteroatoms. The van der Waals surface area contributed by atoms with Crippen molar-refractivity contribution in [2.24, 2.45) is 0 Å². The van der Waals surface area contributed by atoms with E-state index in [9.17, 15) is 4.21 Å². The molecule has 1 aromatic heterocycles. The zero-order valence-corrected chi connectivity index (χ0v) is 12.5. The van der Waals surface area contributed by atoms with Gasteiger partial charge in [0.1, 0.15) is 0 Å². The zero-order valence-electron chi connectivity index (χ0n) is 8.66. The van der Waals surface area contributed by atoms with E-state index in [1.807, 2.05) is 6.07 Å². The average molecular weight is 341 g/mol. The van der Waals surface area contributed by atoms with Crippen molar-refractivity contribution in [1.82, 2.24) is 4.98 Å². The van der Waals surface area contributed by atoms with E-state index in [4.69, 9.17) is 46.4 Å². The first-order valence-corrected chi connectivity index (χ1v) is 7.35. The summed E-state index contributed by atoms with van der Waals surface area (Å²) in [7, 11) is -1.56. The fraction of sp³-hybridized carbons (Fsp3) is 0. The number of rotatable bonds is 2. The highest BCUT2D eigenvalue weighted by atomic mass is 35.5. The van der Waals surface area contributed by atoms with Gasteiger partial charge in [0.25, 0.3) is 0 Å². The van der Waals surface area contributed by atoms with Gasteiger partial charge < -0.3 is 0 Å². The maximum atomic E-state index is 12.4. The number of hydrogen-bond donors (Lipinski definition) is 0. The Kier molecular flexibility index (Phi) is 4.51. The molecule has 2 aromatic rings. The second-order valence-electron chi connectivity index (χ2n) is 3.23. The van der Waals surface area contributed by atoms with Crippen molar-refractivity contribution in [3.63, 3.8) is 0 Å². The van der Waals surface area contributed by atoms with Crippen LogP contribution >= 0.6 is 46.4 Å². The topological polar surface area (TPSA) is 30.0 Å². The second-order valence-corrected chi connectivity index (χ2v) is 6.12. The van der Waals surface area contributed by atoms with Gasteiger partial charge in [0.15, 0.2) is 10.3 Å². The molecule has 0 saturated carbocycles. The largest absolute Gasteiger partial charge is 0.249 e. The molecule has 0 N–H and O–H groups in total. The quantitative estimate of drug-likeness (QED) is 0.730. The fourth-order valence-electron chi connectivity index (χ4n) is 1.29. The van der Waals surface area contributed by atoms with E-state index < -0.39 is 10.8 Å². The Morgan fingerprint density at radius 2 is 1.39 bits per heavy atom. The van der Waals surface area contributed by atoms with Gasteiger partial charge in [0.05, 0.1) is 25.7 Å². The lowest BCUT2D eigenvalue weighted by molar-refractivity contribution is 0.683. The maximum absolute atomic E-state index is 12.4. The summed E-state index contributed by atoms with van der Waals surface area (Å²) < 4.78 is 12.4. The van der Waals surface area contributed by atoms with Gasteiger partial charge in [0, 0.05) is 4.90 Å². The van der Waals surface area contributed by atoms with Crippen LogP contribution in [0.15, 0.2) is 40.1 Å². The van der Waals surface area contributed by atoms with E-state index in [2.05, 4.69) is 4.98 Å². The fourth-order valence-corrected chi connectivity index (χ4v) is 3.71. The van der Waals surface area contributed by atoms with E-state index in [0.717, 1.165) is 0 Å². The van der Waals surface area contributed by atoms with Crippen LogP contribution in [0.2, 0.25) is 20.4 Å². The molecule has 0 fully saturated rings. The molecule has 0 radical (unpaired) electrons. The smallest absolute Gasteiger partial charge is 0.150 e. The van der Waals surface area contributed by atoms with Crippen LogP contribution in [0.25, 0.3) is 0 Å². The van der Waals surface area contributed by atoms with Crippen LogP contribution in [0.4, 0.5) is 0 Å². The molecule has 0 aliphatic rings. The van der Waals surface area contributed by atoms with Gasteiger partial charge >= 0.3 is 0 Å². The highest BCUT2D eigenvalue weighted by molar-refractivity contribution is 7.85. The molecule has 1 aromatic carbocycles. The summed E-state index contributed by atoms with van der Waals surface area (Å²) in [4.78, 5) is 4.47. The zero-order chi connectivity index (χ0) is 13.3. The normalized spacial score (nSPS) is 12.4. The minimum absolute atomic E-state index is 0.0228. The van der Waals surface area contributed by atoms with Crippen molar-refractivity contribution < 1.29 is 4.21 Å². The Bertz CT molecular complexity index is 592. The third kappa shape index (κ3) is 2.65. The number of benzene rings is 1. The van der Waals surface area contributed by atoms with Gasteiger partial charge in [-0.25, -0.2) is 9.19 Å². The van der Waals surface area contributed by atoms with E-state index in [1.165, 1.54) is 0 Å². The van der Waals surface area contributed by atoms with Crippen molar-refractivity contribution >= 4 is 57.2 Å². The third-order valence-corrected chi connectivity index (χ3v) is 5.28. The molecule has 1 atom stereocenters. The van der Waals surface area contributed by atoms with E-state index >= 15 is 0 Å². The van der Waals surface area contributed by atoms with Gasteiger partial charge in [-0.05, 0) is 12.1 Å². The lowest BCUT2D eigenvalue weighted by Gasteiger charge is -2.09. The molecule has 0 unspecified atom stereocenters. The SMILES string of the molecule is O=[S@@](c1ccccc1)c1c(Cl)c(Cl)nc(Cl)c1Cl. The van der Waals surface area contributed by atoms with E-state index in [1.54, 1.807) is 24.3 Å². The molecule has 2 nitrogen and oxygen atoms in total. The maximum Gasteiger partial charge on any atom is 0.150 e. The number of pyridine rings is 1. The van der Waals surface area contributed by atoms with Gasteiger partial charge in [-0.15, -0.1) is 0 Å². The monoisotopic (exact) mass is 339 g/mol. The summed E-state index contributed by atoms with van der Waals surface area (Å²) in [5.41, 5.74) is 0. The molecule has 94 valence electrons. The first-order chi connectivity index (χ1) is 8.52. The van der Waals surface area contributed by atoms with Gasteiger partial charge in [-0.1, -0.05) is 64.6 Å². The molecular formula is C11H5Cl4NOS. The highest BCUT2D eigenvalue weighted by Crippen LogP contribution is 2.38. The molecule has 2 rings (SSSR count). The van der Waals surface area contributed by atoms with Gasteiger partial charge in [0.2, 0.25) is 0 Å². The van der Waals surface area contributed by atoms with Crippen LogP contribution < -0.4 is 0 Å². The van der Waals surface area contributed by atoms with E-state index in [-0.39, 0.29) is 25.2 Å². The lowest BCUT2D eigenvalue weighted by atomic mass is 10.4. The Hall–Kier alpha value is -0.320. The molecule has 1 heterocycles. The molecular weight excluding hydrogens is 336 g/mol. The molecule has 18 heavy (non-hydrogen) atoms. The van der Waals surface area contributed by atoms with Crippen LogP contribution in [-0.4, -0.2) is 9.19 Å². The third-order valence-electron chi connectivity index (χ3n) is 2.10. The summed E-state index contributed by atoms with van der Waals surface area (Å²) in [5.74, 6) is 0. The van der Waals surface area contributed by atoms with Crippen LogP contribution in [-0.2, 0) is 10.8 Å². The van der Waals surface area contributed by atoms with Crippen molar-refractivity contribution in [1.29, 1.82) is 0 Å². The van der Waals surface area contributed by atoms with Crippen LogP contribution in [0.5, 0.6) is 0 Å². The van der Waals surface area contributed by atoms with Crippen LogP contribution in [0.3, 0.4) is 0 Å². The Morgan fingerprint density at radius 1 is 0.889 bits per heavy atom. The summed E-state index contributed by atoms with van der Waals surface area (Å²) in [6, 6.07) is 8.74. The summed E-state index contributed by atoms with van der Waals surface area (Å²) >= 11 is 23.6. The standard InChI is InChI=1S/C11H5Cl4NOS/c12-7-9(8(13)11(15)16-10(7)14)18(17)6-4-2-1-3-5-6/h1-5H/t18-/m0/s1. The molecule has 0 spiro atoms. The molecule has 0 amide bonds. The Balaban J connectivity index is 2.62. The first kappa shape index (κ1) is 14.1. The first-order valence-electron chi connectivity index (χ1n) is 4.69. The molecule has 0 aliphatic carbocycles. The summed E-state index contributed by atoms with van der Waals surface area (Å²) in [6.07, 6.45) is 0. The number of aromatic nitrogens is 1. The minimum Gasteiger partial charge on any atom is -0.249 e. The molecule has 0 bridgehead atoms. The lowest BCUT2D eigenvalue weighted by Crippen LogP contribution is -1.98. The van der Waals surface area contributed by atoms with Gasteiger partial charge in [-0.2, -0.15) is 0 Å². The average Bonchev–Trinajstić information content (AvgIpc) is 2.37. The van der Waals surface area contributed by atoms with Gasteiger partial charge in [-0.3, -0.25) is 0 Å². The van der Waals surface area contributed by atoms with Crippen molar-refractivity contribution in [3.8, 4) is 0 Å². The predicted molar refractivity (Wildman–Crippen MR) is 75.4 cm³/mol. The number of halogens is 4. The second kappa shape index (κ2) is 5.76.